The van der Waals surface area contributed by atoms with Crippen LogP contribution < -0.4 is 0 Å². The quantitative estimate of drug-likeness (QED) is 0.319. The summed E-state index contributed by atoms with van der Waals surface area (Å²) >= 11 is 0. The standard InChI is InChI=1S/C10H18O9S/c1-17-10-9(18-3-2-4-20(14,15)16)8(13)7(12)6(5-11)19-10/h2-3,6-13H,4-5H2,1H3,(H,14,15,16)/t6-,7-,8+,9-,10+/m1/s1. The van der Waals surface area contributed by atoms with E-state index in [1.54, 1.807) is 0 Å². The van der Waals surface area contributed by atoms with Crippen molar-refractivity contribution in [3.63, 3.8) is 0 Å². The van der Waals surface area contributed by atoms with Crippen molar-refractivity contribution in [1.29, 1.82) is 0 Å². The Kier molecular flexibility index (Phi) is 6.33. The van der Waals surface area contributed by atoms with Crippen LogP contribution in [0.2, 0.25) is 0 Å². The lowest BCUT2D eigenvalue weighted by molar-refractivity contribution is -0.295. The summed E-state index contributed by atoms with van der Waals surface area (Å²) in [5.74, 6) is -0.657. The number of hydrogen-bond donors (Lipinski definition) is 4. The second-order valence-electron chi connectivity index (χ2n) is 4.16. The molecule has 1 fully saturated rings. The molecule has 1 saturated heterocycles. The SMILES string of the molecule is CO[C@H]1O[C@H](CO)[C@@H](O)[C@H](O)[C@H]1OC=CCS(=O)(=O)O. The highest BCUT2D eigenvalue weighted by Gasteiger charge is 2.45. The van der Waals surface area contributed by atoms with Crippen LogP contribution in [0.5, 0.6) is 0 Å². The summed E-state index contributed by atoms with van der Waals surface area (Å²) in [6, 6.07) is 0. The summed E-state index contributed by atoms with van der Waals surface area (Å²) in [4.78, 5) is 0. The fraction of sp³-hybridized carbons (Fsp3) is 0.800. The van der Waals surface area contributed by atoms with E-state index in [2.05, 4.69) is 0 Å². The van der Waals surface area contributed by atoms with E-state index in [1.165, 1.54) is 7.11 Å². The fourth-order valence-corrected chi connectivity index (χ4v) is 2.02. The molecule has 0 aromatic rings. The zero-order valence-electron chi connectivity index (χ0n) is 10.7. The van der Waals surface area contributed by atoms with E-state index in [4.69, 9.17) is 23.9 Å². The van der Waals surface area contributed by atoms with Gasteiger partial charge >= 0.3 is 0 Å². The van der Waals surface area contributed by atoms with Crippen LogP contribution in [0.25, 0.3) is 0 Å². The Balaban J connectivity index is 2.66. The van der Waals surface area contributed by atoms with Crippen molar-refractivity contribution in [3.8, 4) is 0 Å². The molecule has 118 valence electrons. The zero-order chi connectivity index (χ0) is 15.3. The number of aliphatic hydroxyl groups is 3. The van der Waals surface area contributed by atoms with E-state index in [-0.39, 0.29) is 0 Å². The largest absolute Gasteiger partial charge is 0.490 e. The molecule has 1 rings (SSSR count). The molecule has 1 aliphatic heterocycles. The van der Waals surface area contributed by atoms with Gasteiger partial charge in [-0.05, 0) is 6.08 Å². The summed E-state index contributed by atoms with van der Waals surface area (Å²) in [6.45, 7) is -0.511. The van der Waals surface area contributed by atoms with Gasteiger partial charge in [-0.25, -0.2) is 0 Å². The third-order valence-electron chi connectivity index (χ3n) is 2.70. The molecule has 0 bridgehead atoms. The van der Waals surface area contributed by atoms with E-state index in [0.717, 1.165) is 12.3 Å². The summed E-state index contributed by atoms with van der Waals surface area (Å²) in [5, 5.41) is 28.5. The van der Waals surface area contributed by atoms with Gasteiger partial charge in [-0.2, -0.15) is 8.42 Å². The Bertz CT molecular complexity index is 418. The first-order valence-electron chi connectivity index (χ1n) is 5.71. The van der Waals surface area contributed by atoms with Crippen LogP contribution in [0.1, 0.15) is 0 Å². The Labute approximate surface area is 116 Å². The van der Waals surface area contributed by atoms with Gasteiger partial charge in [-0.3, -0.25) is 4.55 Å². The minimum Gasteiger partial charge on any atom is -0.490 e. The molecule has 0 spiro atoms. The minimum absolute atomic E-state index is 0.511. The molecule has 0 aromatic carbocycles. The molecule has 0 saturated carbocycles. The average molecular weight is 314 g/mol. The molecule has 0 amide bonds. The van der Waals surface area contributed by atoms with Crippen molar-refractivity contribution in [3.05, 3.63) is 12.3 Å². The Morgan fingerprint density at radius 3 is 2.45 bits per heavy atom. The van der Waals surface area contributed by atoms with E-state index >= 15 is 0 Å². The van der Waals surface area contributed by atoms with Crippen LogP contribution in [0.15, 0.2) is 12.3 Å². The second kappa shape index (κ2) is 7.31. The third kappa shape index (κ3) is 4.66. The first kappa shape index (κ1) is 17.3. The molecule has 9 nitrogen and oxygen atoms in total. The summed E-state index contributed by atoms with van der Waals surface area (Å²) in [6.07, 6.45) is -4.01. The minimum atomic E-state index is -4.16. The van der Waals surface area contributed by atoms with Gasteiger partial charge in [0.15, 0.2) is 12.4 Å². The fourth-order valence-electron chi connectivity index (χ4n) is 1.70. The molecule has 0 aliphatic carbocycles. The molecule has 5 atom stereocenters. The van der Waals surface area contributed by atoms with E-state index in [1.807, 2.05) is 0 Å². The van der Waals surface area contributed by atoms with Crippen LogP contribution in [0.3, 0.4) is 0 Å². The molecular weight excluding hydrogens is 296 g/mol. The van der Waals surface area contributed by atoms with Crippen molar-refractivity contribution in [2.75, 3.05) is 19.5 Å². The Hall–Kier alpha value is -0.750. The maximum absolute atomic E-state index is 10.5. The van der Waals surface area contributed by atoms with Gasteiger partial charge in [0.25, 0.3) is 10.1 Å². The highest BCUT2D eigenvalue weighted by Crippen LogP contribution is 2.24. The predicted molar refractivity (Wildman–Crippen MR) is 65.2 cm³/mol. The van der Waals surface area contributed by atoms with Gasteiger partial charge in [0.1, 0.15) is 18.3 Å². The molecule has 0 radical (unpaired) electrons. The van der Waals surface area contributed by atoms with E-state index in [9.17, 15) is 18.6 Å². The summed E-state index contributed by atoms with van der Waals surface area (Å²) < 4.78 is 44.6. The van der Waals surface area contributed by atoms with Crippen LogP contribution >= 0.6 is 0 Å². The van der Waals surface area contributed by atoms with Crippen LogP contribution in [-0.4, -0.2) is 78.5 Å². The molecule has 0 aromatic heterocycles. The normalized spacial score (nSPS) is 35.4. The van der Waals surface area contributed by atoms with Crippen molar-refractivity contribution >= 4 is 10.1 Å². The van der Waals surface area contributed by atoms with Gasteiger partial charge in [0, 0.05) is 7.11 Å². The van der Waals surface area contributed by atoms with Crippen molar-refractivity contribution in [2.24, 2.45) is 0 Å². The van der Waals surface area contributed by atoms with Gasteiger partial charge in [0.05, 0.1) is 18.6 Å². The number of methoxy groups -OCH3 is 1. The van der Waals surface area contributed by atoms with Crippen molar-refractivity contribution in [2.45, 2.75) is 30.7 Å². The maximum atomic E-state index is 10.5. The highest BCUT2D eigenvalue weighted by atomic mass is 32.2. The topological polar surface area (TPSA) is 143 Å². The lowest BCUT2D eigenvalue weighted by Crippen LogP contribution is -2.59. The molecule has 4 N–H and O–H groups in total. The summed E-state index contributed by atoms with van der Waals surface area (Å²) in [5.41, 5.74) is 0. The number of rotatable bonds is 6. The molecular formula is C10H18O9S. The summed E-state index contributed by atoms with van der Waals surface area (Å²) in [7, 11) is -2.88. The molecule has 10 heteroatoms. The predicted octanol–water partition coefficient (Wildman–Crippen LogP) is -2.14. The number of hydrogen-bond acceptors (Lipinski definition) is 8. The molecule has 20 heavy (non-hydrogen) atoms. The smallest absolute Gasteiger partial charge is 0.268 e. The van der Waals surface area contributed by atoms with Gasteiger partial charge in [0.2, 0.25) is 0 Å². The van der Waals surface area contributed by atoms with Crippen LogP contribution in [-0.2, 0) is 24.3 Å². The third-order valence-corrected chi connectivity index (χ3v) is 3.31. The Morgan fingerprint density at radius 1 is 1.30 bits per heavy atom. The zero-order valence-corrected chi connectivity index (χ0v) is 11.5. The van der Waals surface area contributed by atoms with Gasteiger partial charge in [-0.15, -0.1) is 0 Å². The van der Waals surface area contributed by atoms with Crippen molar-refractivity contribution < 1.29 is 42.5 Å². The highest BCUT2D eigenvalue weighted by molar-refractivity contribution is 7.85. The van der Waals surface area contributed by atoms with Crippen molar-refractivity contribution in [1.82, 2.24) is 0 Å². The first-order valence-corrected chi connectivity index (χ1v) is 7.32. The van der Waals surface area contributed by atoms with Crippen LogP contribution in [0, 0.1) is 0 Å². The lowest BCUT2D eigenvalue weighted by atomic mass is 9.99. The molecule has 1 heterocycles. The molecule has 0 unspecified atom stereocenters. The molecule has 1 aliphatic rings. The number of ether oxygens (including phenoxy) is 3. The van der Waals surface area contributed by atoms with Gasteiger partial charge in [-0.1, -0.05) is 0 Å². The lowest BCUT2D eigenvalue weighted by Gasteiger charge is -2.40. The Morgan fingerprint density at radius 2 is 1.95 bits per heavy atom. The number of aliphatic hydroxyl groups excluding tert-OH is 3. The second-order valence-corrected chi connectivity index (χ2v) is 5.66. The van der Waals surface area contributed by atoms with Crippen LogP contribution in [0.4, 0.5) is 0 Å². The monoisotopic (exact) mass is 314 g/mol. The van der Waals surface area contributed by atoms with E-state index < -0.39 is 53.2 Å². The van der Waals surface area contributed by atoms with E-state index in [0.29, 0.717) is 0 Å². The van der Waals surface area contributed by atoms with Gasteiger partial charge < -0.3 is 29.5 Å². The average Bonchev–Trinajstić information content (AvgIpc) is 2.38. The first-order chi connectivity index (χ1) is 9.30. The maximum Gasteiger partial charge on any atom is 0.268 e.